The fourth-order valence-electron chi connectivity index (χ4n) is 3.40. The molecule has 2 aromatic rings. The molecule has 2 heterocycles. The van der Waals surface area contributed by atoms with Gasteiger partial charge < -0.3 is 14.6 Å². The number of halogens is 1. The lowest BCUT2D eigenvalue weighted by Gasteiger charge is -2.26. The number of rotatable bonds is 5. The number of benzene rings is 2. The monoisotopic (exact) mass is 425 g/mol. The number of fused-ring (bicyclic) bond motifs is 1. The van der Waals surface area contributed by atoms with Crippen LogP contribution < -0.4 is 13.8 Å². The lowest BCUT2D eigenvalue weighted by molar-refractivity contribution is -0.117. The standard InChI is InChI=1S/C18H20FN3O6S/c19-17-14-10-13(28-8-5-21-3-6-27-7-4-21)2-1-12(14)9-15(23)18(17)22-11-16(24)20-29(22,25)26/h1-2,9-10,23H,3-8,11H2,(H,20,24). The lowest BCUT2D eigenvalue weighted by Crippen LogP contribution is -2.38. The third-order valence-electron chi connectivity index (χ3n) is 4.85. The van der Waals surface area contributed by atoms with Gasteiger partial charge in [0.05, 0.1) is 13.2 Å². The van der Waals surface area contributed by atoms with Crippen LogP contribution in [0.3, 0.4) is 0 Å². The highest BCUT2D eigenvalue weighted by Crippen LogP contribution is 2.39. The van der Waals surface area contributed by atoms with E-state index >= 15 is 4.39 Å². The van der Waals surface area contributed by atoms with Gasteiger partial charge in [-0.25, -0.2) is 13.4 Å². The minimum absolute atomic E-state index is 0.0798. The molecular formula is C18H20FN3O6S. The first-order chi connectivity index (χ1) is 13.8. The van der Waals surface area contributed by atoms with Crippen LogP contribution in [0.2, 0.25) is 0 Å². The van der Waals surface area contributed by atoms with Gasteiger partial charge in [0.1, 0.15) is 30.3 Å². The molecule has 0 atom stereocenters. The zero-order valence-corrected chi connectivity index (χ0v) is 16.2. The number of phenols is 1. The summed E-state index contributed by atoms with van der Waals surface area (Å²) >= 11 is 0. The molecule has 0 spiro atoms. The van der Waals surface area contributed by atoms with Crippen LogP contribution >= 0.6 is 0 Å². The summed E-state index contributed by atoms with van der Waals surface area (Å²) in [6, 6.07) is 5.93. The number of aromatic hydroxyl groups is 1. The summed E-state index contributed by atoms with van der Waals surface area (Å²) in [6.07, 6.45) is 0. The van der Waals surface area contributed by atoms with Crippen molar-refractivity contribution in [2.24, 2.45) is 0 Å². The lowest BCUT2D eigenvalue weighted by atomic mass is 10.1. The van der Waals surface area contributed by atoms with E-state index in [-0.39, 0.29) is 5.39 Å². The number of anilines is 1. The van der Waals surface area contributed by atoms with Gasteiger partial charge in [-0.3, -0.25) is 9.69 Å². The SMILES string of the molecule is O=C1CN(c2c(O)cc3ccc(OCCN4CCOCC4)cc3c2F)S(=O)(=O)N1. The van der Waals surface area contributed by atoms with Gasteiger partial charge >= 0.3 is 10.2 Å². The van der Waals surface area contributed by atoms with E-state index in [1.165, 1.54) is 12.1 Å². The number of nitrogens with zero attached hydrogens (tertiary/aromatic N) is 2. The van der Waals surface area contributed by atoms with Crippen molar-refractivity contribution in [3.8, 4) is 11.5 Å². The van der Waals surface area contributed by atoms with E-state index in [9.17, 15) is 18.3 Å². The van der Waals surface area contributed by atoms with Crippen molar-refractivity contribution in [3.63, 3.8) is 0 Å². The Morgan fingerprint density at radius 1 is 1.24 bits per heavy atom. The van der Waals surface area contributed by atoms with Gasteiger partial charge in [0.25, 0.3) is 5.91 Å². The fourth-order valence-corrected chi connectivity index (χ4v) is 4.56. The van der Waals surface area contributed by atoms with Crippen molar-refractivity contribution in [2.75, 3.05) is 50.3 Å². The Balaban J connectivity index is 1.59. The normalized spacial score (nSPS) is 19.5. The minimum Gasteiger partial charge on any atom is -0.506 e. The molecule has 2 aliphatic heterocycles. The smallest absolute Gasteiger partial charge is 0.326 e. The van der Waals surface area contributed by atoms with E-state index in [1.54, 1.807) is 16.9 Å². The molecule has 0 radical (unpaired) electrons. The van der Waals surface area contributed by atoms with Gasteiger partial charge in [-0.1, -0.05) is 6.07 Å². The first kappa shape index (κ1) is 19.7. The van der Waals surface area contributed by atoms with Gasteiger partial charge in [0, 0.05) is 25.0 Å². The van der Waals surface area contributed by atoms with Gasteiger partial charge in [0.15, 0.2) is 5.82 Å². The van der Waals surface area contributed by atoms with Gasteiger partial charge in [-0.05, 0) is 23.6 Å². The Morgan fingerprint density at radius 2 is 2.00 bits per heavy atom. The molecule has 156 valence electrons. The predicted octanol–water partition coefficient (Wildman–Crippen LogP) is 0.576. The van der Waals surface area contributed by atoms with Crippen molar-refractivity contribution < 1.29 is 32.2 Å². The van der Waals surface area contributed by atoms with Crippen LogP contribution in [0.4, 0.5) is 10.1 Å². The number of nitrogens with one attached hydrogen (secondary N) is 1. The van der Waals surface area contributed by atoms with Gasteiger partial charge in [-0.2, -0.15) is 8.42 Å². The van der Waals surface area contributed by atoms with E-state index in [0.29, 0.717) is 41.8 Å². The highest BCUT2D eigenvalue weighted by atomic mass is 32.2. The number of phenolic OH excluding ortho intramolecular Hbond substituents is 1. The molecule has 2 saturated heterocycles. The summed E-state index contributed by atoms with van der Waals surface area (Å²) in [4.78, 5) is 13.7. The van der Waals surface area contributed by atoms with Crippen LogP contribution in [-0.2, 0) is 19.7 Å². The summed E-state index contributed by atoms with van der Waals surface area (Å²) in [5.41, 5.74) is -0.568. The molecule has 0 aliphatic carbocycles. The highest BCUT2D eigenvalue weighted by Gasteiger charge is 2.37. The Bertz CT molecular complexity index is 1060. The molecule has 0 saturated carbocycles. The highest BCUT2D eigenvalue weighted by molar-refractivity contribution is 7.92. The number of hydrogen-bond donors (Lipinski definition) is 2. The molecule has 0 unspecified atom stereocenters. The Kier molecular flexibility index (Phi) is 5.19. The van der Waals surface area contributed by atoms with E-state index in [0.717, 1.165) is 13.1 Å². The number of hydrogen-bond acceptors (Lipinski definition) is 7. The topological polar surface area (TPSA) is 108 Å². The molecule has 11 heteroatoms. The van der Waals surface area contributed by atoms with Crippen LogP contribution in [0.5, 0.6) is 11.5 Å². The maximum atomic E-state index is 15.2. The van der Waals surface area contributed by atoms with Gasteiger partial charge in [-0.15, -0.1) is 0 Å². The van der Waals surface area contributed by atoms with E-state index in [2.05, 4.69) is 4.90 Å². The summed E-state index contributed by atoms with van der Waals surface area (Å²) in [7, 11) is -4.25. The van der Waals surface area contributed by atoms with Crippen LogP contribution in [-0.4, -0.2) is 70.3 Å². The molecule has 1 amide bonds. The third kappa shape index (κ3) is 3.93. The quantitative estimate of drug-likeness (QED) is 0.721. The fraction of sp³-hybridized carbons (Fsp3) is 0.389. The zero-order valence-electron chi connectivity index (χ0n) is 15.4. The number of carbonyl (C=O) groups excluding carboxylic acids is 1. The average molecular weight is 425 g/mol. The maximum absolute atomic E-state index is 15.2. The number of carbonyl (C=O) groups is 1. The average Bonchev–Trinajstić information content (AvgIpc) is 2.95. The maximum Gasteiger partial charge on any atom is 0.326 e. The van der Waals surface area contributed by atoms with Crippen LogP contribution in [0.1, 0.15) is 0 Å². The van der Waals surface area contributed by atoms with Crippen molar-refractivity contribution in [2.45, 2.75) is 0 Å². The molecule has 2 aromatic carbocycles. The van der Waals surface area contributed by atoms with Crippen LogP contribution in [0.25, 0.3) is 10.8 Å². The van der Waals surface area contributed by atoms with Crippen LogP contribution in [0.15, 0.2) is 24.3 Å². The molecule has 0 bridgehead atoms. The first-order valence-electron chi connectivity index (χ1n) is 9.06. The summed E-state index contributed by atoms with van der Waals surface area (Å²) in [6.45, 7) is 3.52. The van der Waals surface area contributed by atoms with E-state index in [4.69, 9.17) is 9.47 Å². The summed E-state index contributed by atoms with van der Waals surface area (Å²) in [5.74, 6) is -1.90. The second-order valence-electron chi connectivity index (χ2n) is 6.78. The van der Waals surface area contributed by atoms with E-state index < -0.39 is 39.9 Å². The number of morpholine rings is 1. The van der Waals surface area contributed by atoms with Crippen molar-refractivity contribution in [1.29, 1.82) is 0 Å². The molecular weight excluding hydrogens is 405 g/mol. The summed E-state index contributed by atoms with van der Waals surface area (Å²) < 4.78 is 52.5. The van der Waals surface area contributed by atoms with Crippen LogP contribution in [0, 0.1) is 5.82 Å². The molecule has 29 heavy (non-hydrogen) atoms. The summed E-state index contributed by atoms with van der Waals surface area (Å²) in [5, 5.41) is 10.6. The second-order valence-corrected chi connectivity index (χ2v) is 8.38. The third-order valence-corrected chi connectivity index (χ3v) is 6.23. The molecule has 4 rings (SSSR count). The Hall–Kier alpha value is -2.63. The van der Waals surface area contributed by atoms with Gasteiger partial charge in [0.2, 0.25) is 0 Å². The molecule has 0 aromatic heterocycles. The molecule has 9 nitrogen and oxygen atoms in total. The number of ether oxygens (including phenoxy) is 2. The predicted molar refractivity (Wildman–Crippen MR) is 103 cm³/mol. The minimum atomic E-state index is -4.25. The van der Waals surface area contributed by atoms with Crippen molar-refractivity contribution >= 4 is 32.6 Å². The zero-order chi connectivity index (χ0) is 20.6. The van der Waals surface area contributed by atoms with E-state index in [1.807, 2.05) is 0 Å². The second kappa shape index (κ2) is 7.65. The van der Waals surface area contributed by atoms with Crippen molar-refractivity contribution in [3.05, 3.63) is 30.1 Å². The Morgan fingerprint density at radius 3 is 2.69 bits per heavy atom. The molecule has 2 fully saturated rings. The van der Waals surface area contributed by atoms with Crippen molar-refractivity contribution in [1.82, 2.24) is 9.62 Å². The molecule has 2 N–H and O–H groups in total. The molecule has 2 aliphatic rings. The number of amides is 1. The Labute approximate surface area is 166 Å². The largest absolute Gasteiger partial charge is 0.506 e. The first-order valence-corrected chi connectivity index (χ1v) is 10.5.